The van der Waals surface area contributed by atoms with Crippen LogP contribution >= 0.6 is 0 Å². The molecule has 0 aliphatic carbocycles. The summed E-state index contributed by atoms with van der Waals surface area (Å²) in [5.74, 6) is -0.329. The van der Waals surface area contributed by atoms with E-state index in [1.54, 1.807) is 41.3 Å². The first kappa shape index (κ1) is 17.2. The van der Waals surface area contributed by atoms with Gasteiger partial charge in [-0.2, -0.15) is 0 Å². The maximum Gasteiger partial charge on any atom is 0.254 e. The van der Waals surface area contributed by atoms with Crippen molar-refractivity contribution in [3.05, 3.63) is 65.7 Å². The number of nitrogens with one attached hydrogen (secondary N) is 1. The number of carbonyl (C=O) groups is 2. The largest absolute Gasteiger partial charge is 0.392 e. The number of anilines is 1. The first-order valence-corrected chi connectivity index (χ1v) is 8.43. The molecule has 5 heteroatoms. The number of rotatable bonds is 4. The Labute approximate surface area is 147 Å². The van der Waals surface area contributed by atoms with Gasteiger partial charge in [-0.25, -0.2) is 0 Å². The van der Waals surface area contributed by atoms with Crippen molar-refractivity contribution in [3.8, 4) is 0 Å². The van der Waals surface area contributed by atoms with E-state index in [0.29, 0.717) is 24.2 Å². The SMILES string of the molecule is CC1(C(=O)Nc2cccc(CO)c2)CCCN1C(=O)c1ccccc1. The molecule has 2 amide bonds. The summed E-state index contributed by atoms with van der Waals surface area (Å²) in [4.78, 5) is 27.4. The van der Waals surface area contributed by atoms with Crippen molar-refractivity contribution in [1.82, 2.24) is 4.90 Å². The number of amides is 2. The van der Waals surface area contributed by atoms with Crippen molar-refractivity contribution in [1.29, 1.82) is 0 Å². The third kappa shape index (κ3) is 3.42. The van der Waals surface area contributed by atoms with Gasteiger partial charge < -0.3 is 15.3 Å². The molecule has 0 bridgehead atoms. The highest BCUT2D eigenvalue weighted by Gasteiger charge is 2.45. The molecule has 0 spiro atoms. The van der Waals surface area contributed by atoms with Crippen LogP contribution in [0.1, 0.15) is 35.7 Å². The monoisotopic (exact) mass is 338 g/mol. The Hall–Kier alpha value is -2.66. The molecule has 25 heavy (non-hydrogen) atoms. The first-order valence-electron chi connectivity index (χ1n) is 8.43. The van der Waals surface area contributed by atoms with Gasteiger partial charge in [0.25, 0.3) is 5.91 Å². The van der Waals surface area contributed by atoms with Crippen molar-refractivity contribution in [2.75, 3.05) is 11.9 Å². The number of likely N-dealkylation sites (tertiary alicyclic amines) is 1. The lowest BCUT2D eigenvalue weighted by molar-refractivity contribution is -0.124. The zero-order chi connectivity index (χ0) is 17.9. The average Bonchev–Trinajstić information content (AvgIpc) is 3.05. The minimum atomic E-state index is -0.887. The topological polar surface area (TPSA) is 69.6 Å². The van der Waals surface area contributed by atoms with Crippen LogP contribution in [0.25, 0.3) is 0 Å². The lowest BCUT2D eigenvalue weighted by atomic mass is 9.96. The number of benzene rings is 2. The van der Waals surface area contributed by atoms with E-state index >= 15 is 0 Å². The summed E-state index contributed by atoms with van der Waals surface area (Å²) in [5, 5.41) is 12.1. The standard InChI is InChI=1S/C20H22N2O3/c1-20(19(25)21-17-10-5-7-15(13-17)14-23)11-6-12-22(20)18(24)16-8-3-2-4-9-16/h2-5,7-10,13,23H,6,11-12,14H2,1H3,(H,21,25). The van der Waals surface area contributed by atoms with Crippen LogP contribution in [0.2, 0.25) is 0 Å². The summed E-state index contributed by atoms with van der Waals surface area (Å²) in [7, 11) is 0. The maximum atomic E-state index is 12.9. The summed E-state index contributed by atoms with van der Waals surface area (Å²) >= 11 is 0. The maximum absolute atomic E-state index is 12.9. The molecule has 1 aliphatic rings. The highest BCUT2D eigenvalue weighted by Crippen LogP contribution is 2.32. The Morgan fingerprint density at radius 2 is 1.92 bits per heavy atom. The third-order valence-corrected chi connectivity index (χ3v) is 4.76. The van der Waals surface area contributed by atoms with Gasteiger partial charge in [0.15, 0.2) is 0 Å². The highest BCUT2D eigenvalue weighted by molar-refractivity contribution is 6.03. The van der Waals surface area contributed by atoms with E-state index in [0.717, 1.165) is 12.0 Å². The fraction of sp³-hybridized carbons (Fsp3) is 0.300. The Kier molecular flexibility index (Phi) is 4.86. The molecular weight excluding hydrogens is 316 g/mol. The van der Waals surface area contributed by atoms with Crippen LogP contribution in [0, 0.1) is 0 Å². The van der Waals surface area contributed by atoms with Gasteiger partial charge >= 0.3 is 0 Å². The minimum Gasteiger partial charge on any atom is -0.392 e. The second-order valence-electron chi connectivity index (χ2n) is 6.51. The molecule has 1 atom stereocenters. The number of aliphatic hydroxyl groups excluding tert-OH is 1. The zero-order valence-electron chi connectivity index (χ0n) is 14.2. The van der Waals surface area contributed by atoms with Gasteiger partial charge in [0.05, 0.1) is 6.61 Å². The third-order valence-electron chi connectivity index (χ3n) is 4.76. The lowest BCUT2D eigenvalue weighted by Gasteiger charge is -2.34. The van der Waals surface area contributed by atoms with Gasteiger partial charge in [0.1, 0.15) is 5.54 Å². The lowest BCUT2D eigenvalue weighted by Crippen LogP contribution is -2.53. The van der Waals surface area contributed by atoms with Crippen LogP contribution in [0.15, 0.2) is 54.6 Å². The highest BCUT2D eigenvalue weighted by atomic mass is 16.3. The fourth-order valence-corrected chi connectivity index (χ4v) is 3.27. The molecule has 130 valence electrons. The van der Waals surface area contributed by atoms with Gasteiger partial charge in [-0.15, -0.1) is 0 Å². The number of carbonyl (C=O) groups excluding carboxylic acids is 2. The number of aliphatic hydroxyl groups is 1. The summed E-state index contributed by atoms with van der Waals surface area (Å²) in [6.45, 7) is 2.29. The average molecular weight is 338 g/mol. The number of nitrogens with zero attached hydrogens (tertiary/aromatic N) is 1. The van der Waals surface area contributed by atoms with E-state index in [4.69, 9.17) is 0 Å². The van der Waals surface area contributed by atoms with Crippen LogP contribution in [0.5, 0.6) is 0 Å². The van der Waals surface area contributed by atoms with Gasteiger partial charge in [0.2, 0.25) is 5.91 Å². The molecule has 2 aromatic carbocycles. The van der Waals surface area contributed by atoms with E-state index in [9.17, 15) is 14.7 Å². The molecule has 5 nitrogen and oxygen atoms in total. The molecule has 1 saturated heterocycles. The van der Waals surface area contributed by atoms with E-state index in [2.05, 4.69) is 5.32 Å². The summed E-state index contributed by atoms with van der Waals surface area (Å²) < 4.78 is 0. The molecule has 0 radical (unpaired) electrons. The molecule has 1 heterocycles. The number of hydrogen-bond donors (Lipinski definition) is 2. The Balaban J connectivity index is 1.81. The van der Waals surface area contributed by atoms with Crippen LogP contribution in [0.4, 0.5) is 5.69 Å². The summed E-state index contributed by atoms with van der Waals surface area (Å²) in [6, 6.07) is 16.1. The predicted octanol–water partition coefficient (Wildman–Crippen LogP) is 2.81. The summed E-state index contributed by atoms with van der Waals surface area (Å²) in [6.07, 6.45) is 1.41. The van der Waals surface area contributed by atoms with Crippen LogP contribution in [-0.2, 0) is 11.4 Å². The minimum absolute atomic E-state index is 0.0837. The van der Waals surface area contributed by atoms with Crippen molar-refractivity contribution >= 4 is 17.5 Å². The Morgan fingerprint density at radius 1 is 1.16 bits per heavy atom. The molecule has 0 saturated carbocycles. The first-order chi connectivity index (χ1) is 12.0. The van der Waals surface area contributed by atoms with E-state index in [1.807, 2.05) is 25.1 Å². The normalized spacial score (nSPS) is 19.7. The molecule has 0 aromatic heterocycles. The van der Waals surface area contributed by atoms with Crippen molar-refractivity contribution < 1.29 is 14.7 Å². The number of hydrogen-bond acceptors (Lipinski definition) is 3. The molecule has 3 rings (SSSR count). The molecule has 2 N–H and O–H groups in total. The van der Waals surface area contributed by atoms with Gasteiger partial charge in [-0.1, -0.05) is 30.3 Å². The Bertz CT molecular complexity index is 776. The van der Waals surface area contributed by atoms with Gasteiger partial charge in [-0.05, 0) is 49.6 Å². The predicted molar refractivity (Wildman–Crippen MR) is 96.1 cm³/mol. The fourth-order valence-electron chi connectivity index (χ4n) is 3.27. The second kappa shape index (κ2) is 7.07. The summed E-state index contributed by atoms with van der Waals surface area (Å²) in [5.41, 5.74) is 1.05. The van der Waals surface area contributed by atoms with Crippen LogP contribution < -0.4 is 5.32 Å². The molecule has 2 aromatic rings. The van der Waals surface area contributed by atoms with E-state index in [-0.39, 0.29) is 18.4 Å². The van der Waals surface area contributed by atoms with Gasteiger partial charge in [0, 0.05) is 17.8 Å². The molecular formula is C20H22N2O3. The van der Waals surface area contributed by atoms with Crippen molar-refractivity contribution in [2.45, 2.75) is 31.9 Å². The molecule has 1 unspecified atom stereocenters. The van der Waals surface area contributed by atoms with E-state index in [1.165, 1.54) is 0 Å². The van der Waals surface area contributed by atoms with Crippen molar-refractivity contribution in [2.24, 2.45) is 0 Å². The zero-order valence-corrected chi connectivity index (χ0v) is 14.2. The van der Waals surface area contributed by atoms with Gasteiger partial charge in [-0.3, -0.25) is 9.59 Å². The molecule has 1 aliphatic heterocycles. The smallest absolute Gasteiger partial charge is 0.254 e. The molecule has 1 fully saturated rings. The van der Waals surface area contributed by atoms with Crippen LogP contribution in [-0.4, -0.2) is 33.9 Å². The van der Waals surface area contributed by atoms with Crippen LogP contribution in [0.3, 0.4) is 0 Å². The van der Waals surface area contributed by atoms with E-state index < -0.39 is 5.54 Å². The second-order valence-corrected chi connectivity index (χ2v) is 6.51. The Morgan fingerprint density at radius 3 is 2.64 bits per heavy atom. The van der Waals surface area contributed by atoms with Crippen molar-refractivity contribution in [3.63, 3.8) is 0 Å². The quantitative estimate of drug-likeness (QED) is 0.901.